The average Bonchev–Trinajstić information content (AvgIpc) is 2.94. The third-order valence-electron chi connectivity index (χ3n) is 5.71. The van der Waals surface area contributed by atoms with Crippen molar-refractivity contribution in [3.05, 3.63) is 42.1 Å². The number of likely N-dealkylation sites (N-methyl/N-ethyl adjacent to an activating group) is 1. The maximum atomic E-state index is 13.2. The van der Waals surface area contributed by atoms with Crippen molar-refractivity contribution in [2.75, 3.05) is 33.2 Å². The topological polar surface area (TPSA) is 65.5 Å². The Morgan fingerprint density at radius 1 is 1.23 bits per heavy atom. The van der Waals surface area contributed by atoms with Gasteiger partial charge in [-0.15, -0.1) is 0 Å². The monoisotopic (exact) mass is 352 g/mol. The summed E-state index contributed by atoms with van der Waals surface area (Å²) in [7, 11) is 2.07. The Morgan fingerprint density at radius 3 is 2.85 bits per heavy atom. The molecule has 6 nitrogen and oxygen atoms in total. The van der Waals surface area contributed by atoms with Gasteiger partial charge < -0.3 is 15.1 Å². The number of hydrogen-bond acceptors (Lipinski definition) is 4. The van der Waals surface area contributed by atoms with Crippen LogP contribution < -0.4 is 5.32 Å². The number of nitrogens with zero attached hydrogens (tertiary/aromatic N) is 3. The Labute approximate surface area is 153 Å². The number of fused-ring (bicyclic) bond motifs is 2. The third kappa shape index (κ3) is 2.84. The number of carbonyl (C=O) groups excluding carboxylic acids is 2. The summed E-state index contributed by atoms with van der Waals surface area (Å²) in [5.41, 5.74) is 1.19. The van der Waals surface area contributed by atoms with Crippen LogP contribution >= 0.6 is 0 Å². The van der Waals surface area contributed by atoms with E-state index in [1.54, 1.807) is 13.1 Å². The number of hydrogen-bond donors (Lipinski definition) is 1. The molecular weight excluding hydrogens is 328 g/mol. The molecule has 0 aliphatic carbocycles. The molecule has 0 saturated carbocycles. The van der Waals surface area contributed by atoms with Crippen LogP contribution in [0.3, 0.4) is 0 Å². The van der Waals surface area contributed by atoms with Crippen LogP contribution in [0.25, 0.3) is 10.9 Å². The summed E-state index contributed by atoms with van der Waals surface area (Å²) >= 11 is 0. The predicted octanol–water partition coefficient (Wildman–Crippen LogP) is 1.52. The number of benzene rings is 1. The van der Waals surface area contributed by atoms with Gasteiger partial charge in [0.05, 0.1) is 16.6 Å². The van der Waals surface area contributed by atoms with Crippen molar-refractivity contribution in [2.45, 2.75) is 18.9 Å². The van der Waals surface area contributed by atoms with E-state index in [2.05, 4.69) is 22.2 Å². The number of amides is 2. The fraction of sp³-hybridized carbons (Fsp3) is 0.450. The van der Waals surface area contributed by atoms with Gasteiger partial charge in [-0.25, -0.2) is 0 Å². The van der Waals surface area contributed by atoms with E-state index in [0.29, 0.717) is 18.7 Å². The molecule has 1 N–H and O–H groups in total. The van der Waals surface area contributed by atoms with Crippen LogP contribution in [0.1, 0.15) is 23.7 Å². The van der Waals surface area contributed by atoms with Gasteiger partial charge in [-0.05, 0) is 25.6 Å². The second-order valence-electron chi connectivity index (χ2n) is 7.61. The molecule has 2 amide bonds. The van der Waals surface area contributed by atoms with Crippen LogP contribution in [0.2, 0.25) is 0 Å². The molecule has 2 aromatic rings. The number of pyridine rings is 1. The largest absolute Gasteiger partial charge is 0.349 e. The molecule has 0 spiro atoms. The number of nitrogens with one attached hydrogen (secondary N) is 1. The first kappa shape index (κ1) is 17.0. The van der Waals surface area contributed by atoms with Gasteiger partial charge in [0.2, 0.25) is 5.91 Å². The molecule has 2 aliphatic rings. The second kappa shape index (κ2) is 6.36. The normalized spacial score (nSPS) is 25.9. The first-order chi connectivity index (χ1) is 12.5. The van der Waals surface area contributed by atoms with E-state index in [4.69, 9.17) is 0 Å². The van der Waals surface area contributed by atoms with Crippen LogP contribution in [0.15, 0.2) is 36.5 Å². The van der Waals surface area contributed by atoms with Crippen molar-refractivity contribution in [3.63, 3.8) is 0 Å². The minimum Gasteiger partial charge on any atom is -0.349 e. The molecule has 1 aromatic carbocycles. The number of carbonyl (C=O) groups is 2. The SMILES string of the molecule is CC(=O)N[C@@]12CCN(C(=O)c3cccc4cccnc34)C[C@@H]1CN(C)C2. The zero-order valence-electron chi connectivity index (χ0n) is 15.2. The molecule has 0 unspecified atom stereocenters. The molecule has 2 atom stereocenters. The summed E-state index contributed by atoms with van der Waals surface area (Å²) in [6, 6.07) is 9.60. The van der Waals surface area contributed by atoms with Gasteiger partial charge in [0.1, 0.15) is 0 Å². The van der Waals surface area contributed by atoms with Gasteiger partial charge in [0.25, 0.3) is 5.91 Å². The molecule has 0 radical (unpaired) electrons. The van der Waals surface area contributed by atoms with E-state index < -0.39 is 0 Å². The predicted molar refractivity (Wildman–Crippen MR) is 99.8 cm³/mol. The molecule has 26 heavy (non-hydrogen) atoms. The molecule has 1 aromatic heterocycles. The van der Waals surface area contributed by atoms with Crippen molar-refractivity contribution in [1.82, 2.24) is 20.1 Å². The lowest BCUT2D eigenvalue weighted by molar-refractivity contribution is -0.121. The summed E-state index contributed by atoms with van der Waals surface area (Å²) in [5.74, 6) is 0.278. The van der Waals surface area contributed by atoms with Crippen LogP contribution in [0, 0.1) is 5.92 Å². The van der Waals surface area contributed by atoms with E-state index >= 15 is 0 Å². The number of likely N-dealkylation sites (tertiary alicyclic amines) is 2. The molecule has 3 heterocycles. The highest BCUT2D eigenvalue weighted by Crippen LogP contribution is 2.35. The number of aromatic nitrogens is 1. The summed E-state index contributed by atoms with van der Waals surface area (Å²) in [5, 5.41) is 4.16. The second-order valence-corrected chi connectivity index (χ2v) is 7.61. The summed E-state index contributed by atoms with van der Waals surface area (Å²) < 4.78 is 0. The number of para-hydroxylation sites is 1. The van der Waals surface area contributed by atoms with Gasteiger partial charge in [-0.1, -0.05) is 18.2 Å². The Kier molecular flexibility index (Phi) is 4.15. The molecule has 136 valence electrons. The number of rotatable bonds is 2. The zero-order valence-corrected chi connectivity index (χ0v) is 15.2. The molecular formula is C20H24N4O2. The fourth-order valence-electron chi connectivity index (χ4n) is 4.62. The fourth-order valence-corrected chi connectivity index (χ4v) is 4.62. The van der Waals surface area contributed by atoms with E-state index in [0.717, 1.165) is 30.4 Å². The zero-order chi connectivity index (χ0) is 18.3. The van der Waals surface area contributed by atoms with E-state index in [9.17, 15) is 9.59 Å². The lowest BCUT2D eigenvalue weighted by atomic mass is 9.80. The smallest absolute Gasteiger partial charge is 0.256 e. The van der Waals surface area contributed by atoms with Crippen molar-refractivity contribution in [3.8, 4) is 0 Å². The molecule has 6 heteroatoms. The van der Waals surface area contributed by atoms with Gasteiger partial charge in [0.15, 0.2) is 0 Å². The highest BCUT2D eigenvalue weighted by molar-refractivity contribution is 6.05. The first-order valence-corrected chi connectivity index (χ1v) is 9.09. The van der Waals surface area contributed by atoms with Gasteiger partial charge in [0, 0.05) is 50.6 Å². The van der Waals surface area contributed by atoms with E-state index in [1.165, 1.54) is 0 Å². The van der Waals surface area contributed by atoms with E-state index in [1.807, 2.05) is 35.2 Å². The highest BCUT2D eigenvalue weighted by atomic mass is 16.2. The Morgan fingerprint density at radius 2 is 2.04 bits per heavy atom. The molecule has 2 aliphatic heterocycles. The first-order valence-electron chi connectivity index (χ1n) is 9.09. The quantitative estimate of drug-likeness (QED) is 0.890. The maximum Gasteiger partial charge on any atom is 0.256 e. The van der Waals surface area contributed by atoms with Crippen LogP contribution in [0.4, 0.5) is 0 Å². The van der Waals surface area contributed by atoms with Crippen LogP contribution in [-0.4, -0.2) is 65.4 Å². The minimum absolute atomic E-state index is 0.00308. The van der Waals surface area contributed by atoms with Crippen molar-refractivity contribution >= 4 is 22.7 Å². The summed E-state index contributed by atoms with van der Waals surface area (Å²) in [6.07, 6.45) is 2.51. The lowest BCUT2D eigenvalue weighted by Crippen LogP contribution is -2.61. The van der Waals surface area contributed by atoms with Gasteiger partial charge in [-0.3, -0.25) is 14.6 Å². The Balaban J connectivity index is 1.60. The Bertz CT molecular complexity index is 863. The van der Waals surface area contributed by atoms with Crippen LogP contribution in [0.5, 0.6) is 0 Å². The lowest BCUT2D eigenvalue weighted by Gasteiger charge is -2.44. The summed E-state index contributed by atoms with van der Waals surface area (Å²) in [4.78, 5) is 33.5. The molecule has 2 fully saturated rings. The molecule has 0 bridgehead atoms. The standard InChI is InChI=1S/C20H24N4O2/c1-14(25)22-20-8-10-24(12-16(20)11-23(2)13-20)19(26)17-7-3-5-15-6-4-9-21-18(15)17/h3-7,9,16H,8,10-13H2,1-2H3,(H,22,25)/t16-,20+/m0/s1. The third-order valence-corrected chi connectivity index (χ3v) is 5.71. The molecule has 4 rings (SSSR count). The minimum atomic E-state index is -0.214. The van der Waals surface area contributed by atoms with Gasteiger partial charge >= 0.3 is 0 Å². The van der Waals surface area contributed by atoms with Crippen molar-refractivity contribution < 1.29 is 9.59 Å². The summed E-state index contributed by atoms with van der Waals surface area (Å²) in [6.45, 7) is 4.61. The van der Waals surface area contributed by atoms with Crippen molar-refractivity contribution in [1.29, 1.82) is 0 Å². The average molecular weight is 352 g/mol. The Hall–Kier alpha value is -2.47. The highest BCUT2D eigenvalue weighted by Gasteiger charge is 2.49. The van der Waals surface area contributed by atoms with E-state index in [-0.39, 0.29) is 23.3 Å². The van der Waals surface area contributed by atoms with Crippen LogP contribution in [-0.2, 0) is 4.79 Å². The van der Waals surface area contributed by atoms with Crippen molar-refractivity contribution in [2.24, 2.45) is 5.92 Å². The van der Waals surface area contributed by atoms with Gasteiger partial charge in [-0.2, -0.15) is 0 Å². The molecule has 2 saturated heterocycles. The maximum absolute atomic E-state index is 13.2. The number of piperidine rings is 1.